The number of nitrogens with zero attached hydrogens (tertiary/aromatic N) is 1. The molecule has 0 heterocycles. The lowest BCUT2D eigenvalue weighted by atomic mass is 10.8. The molecule has 0 unspecified atom stereocenters. The van der Waals surface area contributed by atoms with Crippen LogP contribution < -0.4 is 4.83 Å². The van der Waals surface area contributed by atoms with Crippen LogP contribution in [-0.4, -0.2) is 32.0 Å². The summed E-state index contributed by atoms with van der Waals surface area (Å²) in [5.74, 6) is -1.31. The lowest BCUT2D eigenvalue weighted by Gasteiger charge is -1.90. The molecule has 0 bridgehead atoms. The van der Waals surface area contributed by atoms with E-state index in [-0.39, 0.29) is 0 Å². The van der Waals surface area contributed by atoms with Crippen molar-refractivity contribution in [2.75, 3.05) is 6.26 Å². The van der Waals surface area contributed by atoms with E-state index in [1.165, 1.54) is 0 Å². The molecule has 0 radical (unpaired) electrons. The number of carboxylic acid groups (broad SMARTS) is 1. The summed E-state index contributed by atoms with van der Waals surface area (Å²) in [5, 5.41) is 10.8. The Morgan fingerprint density at radius 2 is 2.20 bits per heavy atom. The summed E-state index contributed by atoms with van der Waals surface area (Å²) in [6.07, 6.45) is 1.31. The van der Waals surface area contributed by atoms with Crippen LogP contribution in [-0.2, 0) is 14.8 Å². The van der Waals surface area contributed by atoms with Gasteiger partial charge in [-0.2, -0.15) is 5.10 Å². The fourth-order valence-corrected chi connectivity index (χ4v) is 0.421. The minimum atomic E-state index is -3.43. The SMILES string of the molecule is CS(=O)(=O)N/N=C\C(=O)O. The maximum atomic E-state index is 10.2. The second-order valence-electron chi connectivity index (χ2n) is 1.46. The molecule has 0 atom stereocenters. The monoisotopic (exact) mass is 166 g/mol. The molecule has 0 amide bonds. The number of aliphatic carboxylic acids is 1. The lowest BCUT2D eigenvalue weighted by molar-refractivity contribution is -0.128. The van der Waals surface area contributed by atoms with Crippen LogP contribution in [0.3, 0.4) is 0 Å². The second kappa shape index (κ2) is 3.16. The summed E-state index contributed by atoms with van der Waals surface area (Å²) >= 11 is 0. The first-order valence-corrected chi connectivity index (χ1v) is 4.04. The van der Waals surface area contributed by atoms with Crippen LogP contribution in [0.4, 0.5) is 0 Å². The first-order valence-electron chi connectivity index (χ1n) is 2.14. The highest BCUT2D eigenvalue weighted by Gasteiger charge is 1.94. The average Bonchev–Trinajstić information content (AvgIpc) is 1.59. The molecule has 0 aliphatic carbocycles. The summed E-state index contributed by atoms with van der Waals surface area (Å²) in [5.41, 5.74) is 0. The van der Waals surface area contributed by atoms with Gasteiger partial charge < -0.3 is 5.11 Å². The van der Waals surface area contributed by atoms with Crippen LogP contribution >= 0.6 is 0 Å². The Bertz CT molecular complexity index is 241. The van der Waals surface area contributed by atoms with E-state index in [0.29, 0.717) is 6.21 Å². The van der Waals surface area contributed by atoms with Gasteiger partial charge >= 0.3 is 5.97 Å². The van der Waals surface area contributed by atoms with Crippen molar-refractivity contribution in [3.05, 3.63) is 0 Å². The Balaban J connectivity index is 3.88. The Morgan fingerprint density at radius 3 is 2.50 bits per heavy atom. The zero-order valence-electron chi connectivity index (χ0n) is 5.10. The molecule has 6 nitrogen and oxygen atoms in total. The van der Waals surface area contributed by atoms with Gasteiger partial charge in [0.15, 0.2) is 0 Å². The fourth-order valence-electron chi connectivity index (χ4n) is 0.177. The van der Waals surface area contributed by atoms with E-state index < -0.39 is 16.0 Å². The summed E-state index contributed by atoms with van der Waals surface area (Å²) in [7, 11) is -3.43. The third kappa shape index (κ3) is 6.89. The van der Waals surface area contributed by atoms with Gasteiger partial charge in [0, 0.05) is 0 Å². The van der Waals surface area contributed by atoms with Crippen LogP contribution in [0.1, 0.15) is 0 Å². The standard InChI is InChI=1S/C3H6N2O4S/c1-10(8,9)5-4-2-3(6)7/h2,5H,1H3,(H,6,7)/b4-2-. The smallest absolute Gasteiger partial charge is 0.348 e. The normalized spacial score (nSPS) is 11.7. The predicted octanol–water partition coefficient (Wildman–Crippen LogP) is -1.39. The predicted molar refractivity (Wildman–Crippen MR) is 34.1 cm³/mol. The molecule has 0 aromatic rings. The van der Waals surface area contributed by atoms with Crippen LogP contribution in [0.25, 0.3) is 0 Å². The fraction of sp³-hybridized carbons (Fsp3) is 0.333. The van der Waals surface area contributed by atoms with E-state index >= 15 is 0 Å². The quantitative estimate of drug-likeness (QED) is 0.398. The maximum Gasteiger partial charge on any atom is 0.348 e. The van der Waals surface area contributed by atoms with E-state index in [2.05, 4.69) is 5.10 Å². The summed E-state index contributed by atoms with van der Waals surface area (Å²) in [6, 6.07) is 0. The highest BCUT2D eigenvalue weighted by Crippen LogP contribution is 1.70. The number of carbonyl (C=O) groups is 1. The van der Waals surface area contributed by atoms with Gasteiger partial charge in [-0.1, -0.05) is 0 Å². The molecular formula is C3H6N2O4S. The van der Waals surface area contributed by atoms with Gasteiger partial charge in [-0.05, 0) is 0 Å². The van der Waals surface area contributed by atoms with Crippen LogP contribution in [0.5, 0.6) is 0 Å². The van der Waals surface area contributed by atoms with Crippen LogP contribution in [0.2, 0.25) is 0 Å². The number of sulfonamides is 1. The van der Waals surface area contributed by atoms with Crippen molar-refractivity contribution in [2.45, 2.75) is 0 Å². The third-order valence-electron chi connectivity index (χ3n) is 0.394. The molecule has 0 spiro atoms. The number of hydrazone groups is 1. The summed E-state index contributed by atoms with van der Waals surface area (Å²) in [4.78, 5) is 11.3. The molecule has 7 heteroatoms. The van der Waals surface area contributed by atoms with Gasteiger partial charge in [0.2, 0.25) is 10.0 Å². The minimum absolute atomic E-state index is 0.445. The molecule has 0 aromatic carbocycles. The molecule has 0 aliphatic heterocycles. The van der Waals surface area contributed by atoms with Crippen molar-refractivity contribution in [3.63, 3.8) is 0 Å². The first-order chi connectivity index (χ1) is 4.42. The van der Waals surface area contributed by atoms with E-state index in [1.807, 2.05) is 0 Å². The highest BCUT2D eigenvalue weighted by molar-refractivity contribution is 7.88. The molecule has 0 rings (SSSR count). The molecule has 0 aromatic heterocycles. The maximum absolute atomic E-state index is 10.2. The molecule has 0 saturated heterocycles. The van der Waals surface area contributed by atoms with Crippen molar-refractivity contribution in [1.29, 1.82) is 0 Å². The zero-order chi connectivity index (χ0) is 8.20. The molecule has 0 aliphatic rings. The minimum Gasteiger partial charge on any atom is -0.477 e. The van der Waals surface area contributed by atoms with Crippen molar-refractivity contribution in [1.82, 2.24) is 4.83 Å². The van der Waals surface area contributed by atoms with Crippen molar-refractivity contribution >= 4 is 22.2 Å². The van der Waals surface area contributed by atoms with Crippen LogP contribution in [0, 0.1) is 0 Å². The second-order valence-corrected chi connectivity index (χ2v) is 3.19. The largest absolute Gasteiger partial charge is 0.477 e. The summed E-state index contributed by atoms with van der Waals surface area (Å²) < 4.78 is 20.4. The first kappa shape index (κ1) is 8.89. The molecular weight excluding hydrogens is 160 g/mol. The van der Waals surface area contributed by atoms with E-state index in [0.717, 1.165) is 6.26 Å². The Morgan fingerprint density at radius 1 is 1.70 bits per heavy atom. The average molecular weight is 166 g/mol. The Kier molecular flexibility index (Phi) is 2.81. The van der Waals surface area contributed by atoms with Crippen molar-refractivity contribution in [2.24, 2.45) is 5.10 Å². The third-order valence-corrected chi connectivity index (χ3v) is 0.831. The lowest BCUT2D eigenvalue weighted by Crippen LogP contribution is -2.16. The van der Waals surface area contributed by atoms with E-state index in [1.54, 1.807) is 4.83 Å². The summed E-state index contributed by atoms with van der Waals surface area (Å²) in [6.45, 7) is 0. The Hall–Kier alpha value is -1.11. The Labute approximate surface area is 57.6 Å². The van der Waals surface area contributed by atoms with Gasteiger partial charge in [-0.3, -0.25) is 0 Å². The van der Waals surface area contributed by atoms with Crippen molar-refractivity contribution < 1.29 is 18.3 Å². The van der Waals surface area contributed by atoms with Gasteiger partial charge in [-0.25, -0.2) is 18.0 Å². The van der Waals surface area contributed by atoms with E-state index in [4.69, 9.17) is 5.11 Å². The topological polar surface area (TPSA) is 95.8 Å². The highest BCUT2D eigenvalue weighted by atomic mass is 32.2. The molecule has 10 heavy (non-hydrogen) atoms. The number of hydrogen-bond donors (Lipinski definition) is 2. The number of rotatable bonds is 3. The van der Waals surface area contributed by atoms with Gasteiger partial charge in [0.25, 0.3) is 0 Å². The number of nitrogens with one attached hydrogen (secondary N) is 1. The molecule has 0 fully saturated rings. The van der Waals surface area contributed by atoms with Gasteiger partial charge in [0.05, 0.1) is 6.26 Å². The van der Waals surface area contributed by atoms with Crippen LogP contribution in [0.15, 0.2) is 5.10 Å². The zero-order valence-corrected chi connectivity index (χ0v) is 5.92. The molecule has 58 valence electrons. The number of hydrogen-bond acceptors (Lipinski definition) is 4. The van der Waals surface area contributed by atoms with Crippen molar-refractivity contribution in [3.8, 4) is 0 Å². The van der Waals surface area contributed by atoms with Gasteiger partial charge in [-0.15, -0.1) is 0 Å². The van der Waals surface area contributed by atoms with Gasteiger partial charge in [0.1, 0.15) is 6.21 Å². The number of carboxylic acids is 1. The van der Waals surface area contributed by atoms with E-state index in [9.17, 15) is 13.2 Å². The molecule has 0 saturated carbocycles. The molecule has 2 N–H and O–H groups in total.